The van der Waals surface area contributed by atoms with Crippen molar-refractivity contribution in [3.8, 4) is 22.8 Å². The van der Waals surface area contributed by atoms with E-state index in [1.807, 2.05) is 30.3 Å². The molecule has 0 saturated heterocycles. The first kappa shape index (κ1) is 13.4. The SMILES string of the molecule is COc1ccccc1-n1nnnc1-c1cccc(Cl)c1N. The topological polar surface area (TPSA) is 78.8 Å². The minimum atomic E-state index is 0.435. The number of ether oxygens (including phenoxy) is 1. The van der Waals surface area contributed by atoms with Gasteiger partial charge >= 0.3 is 0 Å². The molecule has 6 nitrogen and oxygen atoms in total. The monoisotopic (exact) mass is 301 g/mol. The Hall–Kier alpha value is -2.60. The lowest BCUT2D eigenvalue weighted by Crippen LogP contribution is -2.03. The van der Waals surface area contributed by atoms with Gasteiger partial charge in [-0.3, -0.25) is 0 Å². The first-order chi connectivity index (χ1) is 10.2. The van der Waals surface area contributed by atoms with Crippen molar-refractivity contribution in [1.29, 1.82) is 0 Å². The van der Waals surface area contributed by atoms with Gasteiger partial charge in [0.05, 0.1) is 17.8 Å². The number of rotatable bonds is 3. The minimum Gasteiger partial charge on any atom is -0.494 e. The van der Waals surface area contributed by atoms with Gasteiger partial charge in [0, 0.05) is 5.56 Å². The molecule has 106 valence electrons. The molecule has 2 N–H and O–H groups in total. The molecule has 0 spiro atoms. The van der Waals surface area contributed by atoms with Crippen molar-refractivity contribution in [2.24, 2.45) is 0 Å². The van der Waals surface area contributed by atoms with Crippen LogP contribution in [0.15, 0.2) is 42.5 Å². The zero-order valence-electron chi connectivity index (χ0n) is 11.2. The summed E-state index contributed by atoms with van der Waals surface area (Å²) in [7, 11) is 1.59. The van der Waals surface area contributed by atoms with E-state index in [9.17, 15) is 0 Å². The lowest BCUT2D eigenvalue weighted by molar-refractivity contribution is 0.411. The molecule has 1 aromatic heterocycles. The molecule has 7 heteroatoms. The van der Waals surface area contributed by atoms with Gasteiger partial charge in [-0.25, -0.2) is 0 Å². The maximum atomic E-state index is 6.06. The Labute approximate surface area is 126 Å². The molecule has 0 aliphatic carbocycles. The number of methoxy groups -OCH3 is 1. The first-order valence-electron chi connectivity index (χ1n) is 6.18. The smallest absolute Gasteiger partial charge is 0.189 e. The van der Waals surface area contributed by atoms with Crippen molar-refractivity contribution in [3.63, 3.8) is 0 Å². The fraction of sp³-hybridized carbons (Fsp3) is 0.0714. The van der Waals surface area contributed by atoms with Crippen LogP contribution in [0, 0.1) is 0 Å². The molecule has 3 aromatic rings. The van der Waals surface area contributed by atoms with Gasteiger partial charge in [0.25, 0.3) is 0 Å². The summed E-state index contributed by atoms with van der Waals surface area (Å²) >= 11 is 6.06. The number of halogens is 1. The Morgan fingerprint density at radius 2 is 1.95 bits per heavy atom. The molecule has 0 unspecified atom stereocenters. The first-order valence-corrected chi connectivity index (χ1v) is 6.56. The molecule has 0 aliphatic heterocycles. The van der Waals surface area contributed by atoms with E-state index in [0.717, 1.165) is 5.69 Å². The molecule has 1 heterocycles. The summed E-state index contributed by atoms with van der Waals surface area (Å²) in [5.74, 6) is 1.16. The van der Waals surface area contributed by atoms with Gasteiger partial charge in [-0.15, -0.1) is 5.10 Å². The number of nitrogens with zero attached hydrogens (tertiary/aromatic N) is 4. The number of nitrogen functional groups attached to an aromatic ring is 1. The predicted molar refractivity (Wildman–Crippen MR) is 80.6 cm³/mol. The van der Waals surface area contributed by atoms with Crippen LogP contribution in [0.5, 0.6) is 5.75 Å². The Morgan fingerprint density at radius 1 is 1.14 bits per heavy atom. The molecule has 3 rings (SSSR count). The third kappa shape index (κ3) is 2.30. The van der Waals surface area contributed by atoms with Crippen LogP contribution in [0.25, 0.3) is 17.1 Å². The summed E-state index contributed by atoms with van der Waals surface area (Å²) < 4.78 is 6.91. The van der Waals surface area contributed by atoms with Gasteiger partial charge in [-0.1, -0.05) is 29.8 Å². The fourth-order valence-corrected chi connectivity index (χ4v) is 2.23. The standard InChI is InChI=1S/C14H12ClN5O/c1-21-12-8-3-2-7-11(12)20-14(17-18-19-20)9-5-4-6-10(15)13(9)16/h2-8H,16H2,1H3. The summed E-state index contributed by atoms with van der Waals surface area (Å²) in [5.41, 5.74) is 7.84. The Morgan fingerprint density at radius 3 is 2.76 bits per heavy atom. The van der Waals surface area contributed by atoms with E-state index in [4.69, 9.17) is 22.1 Å². The Kier molecular flexibility index (Phi) is 3.45. The number of benzene rings is 2. The highest BCUT2D eigenvalue weighted by atomic mass is 35.5. The summed E-state index contributed by atoms with van der Waals surface area (Å²) in [6.45, 7) is 0. The van der Waals surface area contributed by atoms with Gasteiger partial charge < -0.3 is 10.5 Å². The third-order valence-electron chi connectivity index (χ3n) is 3.08. The van der Waals surface area contributed by atoms with Gasteiger partial charge in [0.15, 0.2) is 5.82 Å². The zero-order valence-corrected chi connectivity index (χ0v) is 11.9. The van der Waals surface area contributed by atoms with Crippen LogP contribution < -0.4 is 10.5 Å². The predicted octanol–water partition coefficient (Wildman–Crippen LogP) is 2.57. The van der Waals surface area contributed by atoms with Crippen molar-refractivity contribution in [2.75, 3.05) is 12.8 Å². The van der Waals surface area contributed by atoms with Crippen LogP contribution in [-0.2, 0) is 0 Å². The minimum absolute atomic E-state index is 0.435. The van der Waals surface area contributed by atoms with Crippen LogP contribution in [0.3, 0.4) is 0 Å². The molecular formula is C14H12ClN5O. The summed E-state index contributed by atoms with van der Waals surface area (Å²) in [6, 6.07) is 12.8. The van der Waals surface area contributed by atoms with Crippen LogP contribution in [-0.4, -0.2) is 27.3 Å². The molecule has 0 atom stereocenters. The van der Waals surface area contributed by atoms with E-state index in [2.05, 4.69) is 15.5 Å². The fourth-order valence-electron chi connectivity index (χ4n) is 2.05. The summed E-state index contributed by atoms with van der Waals surface area (Å²) in [6.07, 6.45) is 0. The van der Waals surface area contributed by atoms with Crippen molar-refractivity contribution in [1.82, 2.24) is 20.2 Å². The van der Waals surface area contributed by atoms with Crippen LogP contribution in [0.1, 0.15) is 0 Å². The lowest BCUT2D eigenvalue weighted by atomic mass is 10.1. The highest BCUT2D eigenvalue weighted by molar-refractivity contribution is 6.33. The Balaban J connectivity index is 2.20. The zero-order chi connectivity index (χ0) is 14.8. The number of anilines is 1. The quantitative estimate of drug-likeness (QED) is 0.752. The van der Waals surface area contributed by atoms with E-state index >= 15 is 0 Å². The molecular weight excluding hydrogens is 290 g/mol. The molecule has 0 radical (unpaired) electrons. The maximum Gasteiger partial charge on any atom is 0.189 e. The van der Waals surface area contributed by atoms with Gasteiger partial charge in [0.2, 0.25) is 0 Å². The second kappa shape index (κ2) is 5.41. The molecule has 0 saturated carbocycles. The molecule has 0 bridgehead atoms. The number of aromatic nitrogens is 4. The van der Waals surface area contributed by atoms with E-state index in [0.29, 0.717) is 27.8 Å². The summed E-state index contributed by atoms with van der Waals surface area (Å²) in [5, 5.41) is 12.3. The lowest BCUT2D eigenvalue weighted by Gasteiger charge is -2.10. The molecule has 0 amide bonds. The molecule has 2 aromatic carbocycles. The average molecular weight is 302 g/mol. The highest BCUT2D eigenvalue weighted by Crippen LogP contribution is 2.32. The molecule has 0 fully saturated rings. The van der Waals surface area contributed by atoms with Crippen molar-refractivity contribution >= 4 is 17.3 Å². The second-order valence-electron chi connectivity index (χ2n) is 4.29. The van der Waals surface area contributed by atoms with E-state index in [1.54, 1.807) is 23.9 Å². The Bertz CT molecular complexity index is 787. The maximum absolute atomic E-state index is 6.06. The van der Waals surface area contributed by atoms with E-state index in [1.165, 1.54) is 0 Å². The molecule has 21 heavy (non-hydrogen) atoms. The number of nitrogens with two attached hydrogens (primary N) is 1. The van der Waals surface area contributed by atoms with Gasteiger partial charge in [0.1, 0.15) is 11.4 Å². The van der Waals surface area contributed by atoms with Crippen molar-refractivity contribution < 1.29 is 4.74 Å². The number of para-hydroxylation sites is 3. The van der Waals surface area contributed by atoms with Gasteiger partial charge in [-0.05, 0) is 34.7 Å². The van der Waals surface area contributed by atoms with Gasteiger partial charge in [-0.2, -0.15) is 4.68 Å². The highest BCUT2D eigenvalue weighted by Gasteiger charge is 2.17. The van der Waals surface area contributed by atoms with Crippen molar-refractivity contribution in [2.45, 2.75) is 0 Å². The van der Waals surface area contributed by atoms with Crippen molar-refractivity contribution in [3.05, 3.63) is 47.5 Å². The largest absolute Gasteiger partial charge is 0.494 e. The summed E-state index contributed by atoms with van der Waals surface area (Å²) in [4.78, 5) is 0. The van der Waals surface area contributed by atoms with Crippen LogP contribution in [0.4, 0.5) is 5.69 Å². The van der Waals surface area contributed by atoms with Crippen LogP contribution in [0.2, 0.25) is 5.02 Å². The van der Waals surface area contributed by atoms with Crippen LogP contribution >= 0.6 is 11.6 Å². The number of tetrazole rings is 1. The number of hydrogen-bond donors (Lipinski definition) is 1. The third-order valence-corrected chi connectivity index (χ3v) is 3.41. The molecule has 0 aliphatic rings. The second-order valence-corrected chi connectivity index (χ2v) is 4.69. The van der Waals surface area contributed by atoms with E-state index in [-0.39, 0.29) is 0 Å². The number of hydrogen-bond acceptors (Lipinski definition) is 5. The van der Waals surface area contributed by atoms with E-state index < -0.39 is 0 Å². The normalized spacial score (nSPS) is 10.6. The average Bonchev–Trinajstić information content (AvgIpc) is 2.99.